The van der Waals surface area contributed by atoms with Crippen molar-refractivity contribution in [3.63, 3.8) is 0 Å². The lowest BCUT2D eigenvalue weighted by atomic mass is 10.1. The van der Waals surface area contributed by atoms with Crippen molar-refractivity contribution in [1.29, 1.82) is 0 Å². The van der Waals surface area contributed by atoms with Crippen molar-refractivity contribution >= 4 is 29.9 Å². The minimum atomic E-state index is -0.214. The molecule has 0 spiro atoms. The first kappa shape index (κ1) is 22.4. The number of likely N-dealkylation sites (N-methyl/N-ethyl adjacent to an activating group) is 1. The number of nitrogens with zero attached hydrogens (tertiary/aromatic N) is 2. The zero-order valence-electron chi connectivity index (χ0n) is 15.6. The quantitative estimate of drug-likeness (QED) is 0.368. The molecule has 1 unspecified atom stereocenters. The van der Waals surface area contributed by atoms with Crippen LogP contribution in [-0.4, -0.2) is 38.0 Å². The summed E-state index contributed by atoms with van der Waals surface area (Å²) in [5, 5.41) is 6.62. The van der Waals surface area contributed by atoms with Crippen molar-refractivity contribution in [2.75, 3.05) is 27.2 Å². The predicted molar refractivity (Wildman–Crippen MR) is 118 cm³/mol. The normalized spacial score (nSPS) is 12.4. The molecule has 26 heavy (non-hydrogen) atoms. The lowest BCUT2D eigenvalue weighted by Crippen LogP contribution is -2.41. The summed E-state index contributed by atoms with van der Waals surface area (Å²) < 4.78 is 13.5. The summed E-state index contributed by atoms with van der Waals surface area (Å²) in [6.07, 6.45) is 0. The van der Waals surface area contributed by atoms with Crippen LogP contribution in [0, 0.1) is 5.82 Å². The Balaban J connectivity index is 0.00000338. The van der Waals surface area contributed by atoms with Gasteiger partial charge >= 0.3 is 0 Å². The van der Waals surface area contributed by atoms with E-state index in [1.807, 2.05) is 45.3 Å². The molecule has 2 aromatic rings. The summed E-state index contributed by atoms with van der Waals surface area (Å²) in [7, 11) is 3.98. The molecule has 4 nitrogen and oxygen atoms in total. The molecule has 0 aromatic heterocycles. The Kier molecular flexibility index (Phi) is 10.2. The van der Waals surface area contributed by atoms with E-state index in [1.54, 1.807) is 12.1 Å². The summed E-state index contributed by atoms with van der Waals surface area (Å²) in [4.78, 5) is 6.70. The van der Waals surface area contributed by atoms with Crippen LogP contribution in [-0.2, 0) is 6.54 Å². The average Bonchev–Trinajstić information content (AvgIpc) is 2.60. The van der Waals surface area contributed by atoms with Gasteiger partial charge in [-0.15, -0.1) is 24.0 Å². The van der Waals surface area contributed by atoms with Crippen molar-refractivity contribution in [1.82, 2.24) is 15.5 Å². The van der Waals surface area contributed by atoms with E-state index in [2.05, 4.69) is 32.7 Å². The number of hydrogen-bond donors (Lipinski definition) is 2. The molecule has 0 saturated heterocycles. The molecule has 0 heterocycles. The molecule has 2 rings (SSSR count). The molecule has 2 aromatic carbocycles. The third kappa shape index (κ3) is 7.29. The molecular weight excluding hydrogens is 442 g/mol. The molecule has 0 radical (unpaired) electrons. The van der Waals surface area contributed by atoms with E-state index in [1.165, 1.54) is 6.07 Å². The number of halogens is 2. The number of rotatable bonds is 7. The third-order valence-electron chi connectivity index (χ3n) is 3.93. The van der Waals surface area contributed by atoms with Crippen LogP contribution in [0.15, 0.2) is 59.6 Å². The Morgan fingerprint density at radius 1 is 1.08 bits per heavy atom. The number of nitrogens with one attached hydrogen (secondary N) is 2. The summed E-state index contributed by atoms with van der Waals surface area (Å²) in [6.45, 7) is 4.07. The maximum absolute atomic E-state index is 13.5. The maximum atomic E-state index is 13.5. The minimum Gasteiger partial charge on any atom is -0.357 e. The first-order valence-electron chi connectivity index (χ1n) is 8.58. The largest absolute Gasteiger partial charge is 0.357 e. The van der Waals surface area contributed by atoms with Gasteiger partial charge in [0.25, 0.3) is 0 Å². The highest BCUT2D eigenvalue weighted by molar-refractivity contribution is 14.0. The molecule has 142 valence electrons. The van der Waals surface area contributed by atoms with Gasteiger partial charge in [0.05, 0.1) is 12.6 Å². The number of hydrogen-bond acceptors (Lipinski definition) is 2. The van der Waals surface area contributed by atoms with Gasteiger partial charge in [-0.05, 0) is 44.3 Å². The van der Waals surface area contributed by atoms with Gasteiger partial charge in [-0.25, -0.2) is 9.38 Å². The molecule has 0 saturated carbocycles. The molecule has 1 atom stereocenters. The summed E-state index contributed by atoms with van der Waals surface area (Å²) >= 11 is 0. The molecule has 0 aliphatic carbocycles. The van der Waals surface area contributed by atoms with Crippen LogP contribution in [0.2, 0.25) is 0 Å². The molecule has 0 aliphatic heterocycles. The lowest BCUT2D eigenvalue weighted by molar-refractivity contribution is 0.297. The van der Waals surface area contributed by atoms with E-state index in [-0.39, 0.29) is 35.8 Å². The highest BCUT2D eigenvalue weighted by atomic mass is 127. The van der Waals surface area contributed by atoms with Gasteiger partial charge in [-0.3, -0.25) is 0 Å². The first-order chi connectivity index (χ1) is 12.1. The van der Waals surface area contributed by atoms with Crippen LogP contribution in [0.1, 0.15) is 24.1 Å². The zero-order valence-corrected chi connectivity index (χ0v) is 17.9. The molecule has 0 fully saturated rings. The maximum Gasteiger partial charge on any atom is 0.191 e. The zero-order chi connectivity index (χ0) is 18.1. The van der Waals surface area contributed by atoms with Gasteiger partial charge in [0, 0.05) is 13.1 Å². The van der Waals surface area contributed by atoms with E-state index >= 15 is 0 Å². The van der Waals surface area contributed by atoms with Gasteiger partial charge in [0.15, 0.2) is 5.96 Å². The lowest BCUT2D eigenvalue weighted by Gasteiger charge is -2.26. The van der Waals surface area contributed by atoms with Crippen LogP contribution in [0.5, 0.6) is 0 Å². The van der Waals surface area contributed by atoms with Crippen molar-refractivity contribution in [2.45, 2.75) is 19.5 Å². The molecule has 0 aliphatic rings. The van der Waals surface area contributed by atoms with Crippen molar-refractivity contribution in [3.05, 3.63) is 71.5 Å². The van der Waals surface area contributed by atoms with Gasteiger partial charge in [-0.2, -0.15) is 0 Å². The van der Waals surface area contributed by atoms with Crippen LogP contribution < -0.4 is 10.6 Å². The molecule has 2 N–H and O–H groups in total. The molecule has 0 amide bonds. The smallest absolute Gasteiger partial charge is 0.191 e. The fourth-order valence-corrected chi connectivity index (χ4v) is 2.60. The third-order valence-corrected chi connectivity index (χ3v) is 3.93. The van der Waals surface area contributed by atoms with Crippen LogP contribution in [0.3, 0.4) is 0 Å². The molecular formula is C20H28FIN4. The Bertz CT molecular complexity index is 677. The van der Waals surface area contributed by atoms with E-state index in [0.29, 0.717) is 13.1 Å². The second kappa shape index (κ2) is 11.9. The number of guanidine groups is 1. The molecule has 0 bridgehead atoms. The van der Waals surface area contributed by atoms with Crippen molar-refractivity contribution < 1.29 is 4.39 Å². The number of aliphatic imine (C=N–C) groups is 1. The standard InChI is InChI=1S/C20H27FN4.HI/c1-4-22-20(23-14-16-9-6-5-7-10-16)24-15-19(25(2)3)17-11-8-12-18(21)13-17;/h5-13,19H,4,14-15H2,1-3H3,(H2,22,23,24);1H. The Morgan fingerprint density at radius 3 is 2.42 bits per heavy atom. The summed E-state index contributed by atoms with van der Waals surface area (Å²) in [5.74, 6) is 0.545. The average molecular weight is 470 g/mol. The highest BCUT2D eigenvalue weighted by Crippen LogP contribution is 2.18. The first-order valence-corrected chi connectivity index (χ1v) is 8.58. The van der Waals surface area contributed by atoms with Gasteiger partial charge in [0.1, 0.15) is 5.82 Å². The van der Waals surface area contributed by atoms with Crippen LogP contribution in [0.25, 0.3) is 0 Å². The second-order valence-corrected chi connectivity index (χ2v) is 6.10. The summed E-state index contributed by atoms with van der Waals surface area (Å²) in [6, 6.07) is 16.9. The second-order valence-electron chi connectivity index (χ2n) is 6.10. The van der Waals surface area contributed by atoms with Gasteiger partial charge in [0.2, 0.25) is 0 Å². The van der Waals surface area contributed by atoms with E-state index in [0.717, 1.165) is 23.6 Å². The van der Waals surface area contributed by atoms with E-state index in [9.17, 15) is 4.39 Å². The van der Waals surface area contributed by atoms with Crippen molar-refractivity contribution in [2.24, 2.45) is 4.99 Å². The van der Waals surface area contributed by atoms with Crippen molar-refractivity contribution in [3.8, 4) is 0 Å². The Morgan fingerprint density at radius 2 is 1.81 bits per heavy atom. The monoisotopic (exact) mass is 470 g/mol. The van der Waals surface area contributed by atoms with Gasteiger partial charge < -0.3 is 15.5 Å². The SMILES string of the molecule is CCNC(=NCc1ccccc1)NCC(c1cccc(F)c1)N(C)C.I. The molecule has 6 heteroatoms. The summed E-state index contributed by atoms with van der Waals surface area (Å²) in [5.41, 5.74) is 2.10. The number of benzene rings is 2. The fourth-order valence-electron chi connectivity index (χ4n) is 2.60. The topological polar surface area (TPSA) is 39.7 Å². The minimum absolute atomic E-state index is 0. The fraction of sp³-hybridized carbons (Fsp3) is 0.350. The van der Waals surface area contributed by atoms with Gasteiger partial charge in [-0.1, -0.05) is 42.5 Å². The van der Waals surface area contributed by atoms with Crippen LogP contribution in [0.4, 0.5) is 4.39 Å². The van der Waals surface area contributed by atoms with E-state index < -0.39 is 0 Å². The van der Waals surface area contributed by atoms with E-state index in [4.69, 9.17) is 0 Å². The predicted octanol–water partition coefficient (Wildman–Crippen LogP) is 3.80. The van der Waals surface area contributed by atoms with Crippen LogP contribution >= 0.6 is 24.0 Å². The Hall–Kier alpha value is -1.67. The Labute approximate surface area is 172 Å². The highest BCUT2D eigenvalue weighted by Gasteiger charge is 2.15.